The zero-order valence-corrected chi connectivity index (χ0v) is 13.7. The molecule has 0 spiro atoms. The average molecular weight is 289 g/mol. The van der Waals surface area contributed by atoms with Gasteiger partial charge in [0.05, 0.1) is 5.92 Å². The fourth-order valence-electron chi connectivity index (χ4n) is 1.49. The first kappa shape index (κ1) is 16.5. The van der Waals surface area contributed by atoms with Crippen LogP contribution in [0.1, 0.15) is 18.1 Å². The number of hydrogen-bond donors (Lipinski definition) is 2. The van der Waals surface area contributed by atoms with Crippen LogP contribution in [0.4, 0.5) is 0 Å². The number of rotatable bonds is 5. The summed E-state index contributed by atoms with van der Waals surface area (Å²) in [4.78, 5) is 10.7. The molecule has 0 aromatic heterocycles. The van der Waals surface area contributed by atoms with Crippen molar-refractivity contribution in [2.45, 2.75) is 33.1 Å². The Morgan fingerprint density at radius 3 is 2.40 bits per heavy atom. The largest absolute Gasteiger partial charge is 0.481 e. The fraction of sp³-hybridized carbons (Fsp3) is 0.438. The van der Waals surface area contributed by atoms with Gasteiger partial charge in [0.1, 0.15) is 8.07 Å². The van der Waals surface area contributed by atoms with Gasteiger partial charge in [-0.3, -0.25) is 4.79 Å². The molecule has 3 nitrogen and oxygen atoms in total. The Morgan fingerprint density at radius 1 is 1.30 bits per heavy atom. The first-order valence-electron chi connectivity index (χ1n) is 6.83. The highest BCUT2D eigenvalue weighted by Crippen LogP contribution is 2.05. The molecule has 1 rings (SSSR count). The highest BCUT2D eigenvalue weighted by molar-refractivity contribution is 6.83. The molecular formula is C16H23NO2Si. The molecule has 0 fully saturated rings. The first-order valence-corrected chi connectivity index (χ1v) is 10.3. The van der Waals surface area contributed by atoms with Gasteiger partial charge in [-0.2, -0.15) is 0 Å². The third-order valence-electron chi connectivity index (χ3n) is 2.74. The highest BCUT2D eigenvalue weighted by Gasteiger charge is 2.09. The van der Waals surface area contributed by atoms with Crippen LogP contribution < -0.4 is 5.32 Å². The standard InChI is InChI=1S/C16H23NO2Si/c1-13(16(18)19)11-17-12-15-7-5-14(6-8-15)9-10-20(2,3)4/h5-8,13,17H,11-12H2,1-4H3,(H,18,19). The molecule has 4 heteroatoms. The van der Waals surface area contributed by atoms with Crippen LogP contribution in [0, 0.1) is 17.4 Å². The second kappa shape index (κ2) is 7.27. The zero-order valence-electron chi connectivity index (χ0n) is 12.7. The Balaban J connectivity index is 2.50. The third-order valence-corrected chi connectivity index (χ3v) is 3.61. The molecule has 0 aliphatic carbocycles. The molecule has 0 aliphatic rings. The van der Waals surface area contributed by atoms with Gasteiger partial charge in [0.15, 0.2) is 0 Å². The third kappa shape index (κ3) is 6.55. The maximum Gasteiger partial charge on any atom is 0.307 e. The normalized spacial score (nSPS) is 12.4. The van der Waals surface area contributed by atoms with E-state index < -0.39 is 14.0 Å². The van der Waals surface area contributed by atoms with Gasteiger partial charge in [-0.15, -0.1) is 5.54 Å². The SMILES string of the molecule is CC(CNCc1ccc(C#C[Si](C)(C)C)cc1)C(=O)O. The molecule has 0 bridgehead atoms. The maximum atomic E-state index is 10.7. The lowest BCUT2D eigenvalue weighted by atomic mass is 10.1. The Bertz CT molecular complexity index is 506. The average Bonchev–Trinajstić information content (AvgIpc) is 2.36. The van der Waals surface area contributed by atoms with Crippen molar-refractivity contribution in [3.63, 3.8) is 0 Å². The minimum absolute atomic E-state index is 0.364. The summed E-state index contributed by atoms with van der Waals surface area (Å²) in [5.41, 5.74) is 5.51. The van der Waals surface area contributed by atoms with Crippen LogP contribution in [-0.2, 0) is 11.3 Å². The van der Waals surface area contributed by atoms with Gasteiger partial charge in [0, 0.05) is 18.7 Å². The van der Waals surface area contributed by atoms with Crippen molar-refractivity contribution >= 4 is 14.0 Å². The lowest BCUT2D eigenvalue weighted by molar-refractivity contribution is -0.140. The summed E-state index contributed by atoms with van der Waals surface area (Å²) in [5.74, 6) is 2.08. The fourth-order valence-corrected chi connectivity index (χ4v) is 2.01. The molecule has 2 N–H and O–H groups in total. The van der Waals surface area contributed by atoms with E-state index in [0.29, 0.717) is 13.1 Å². The summed E-state index contributed by atoms with van der Waals surface area (Å²) >= 11 is 0. The Kier molecular flexibility index (Phi) is 5.99. The minimum atomic E-state index is -1.33. The maximum absolute atomic E-state index is 10.7. The molecule has 1 unspecified atom stereocenters. The molecule has 1 atom stereocenters. The number of hydrogen-bond acceptors (Lipinski definition) is 2. The van der Waals surface area contributed by atoms with E-state index in [2.05, 4.69) is 36.4 Å². The molecule has 0 radical (unpaired) electrons. The van der Waals surface area contributed by atoms with E-state index in [-0.39, 0.29) is 5.92 Å². The van der Waals surface area contributed by atoms with Crippen LogP contribution in [-0.4, -0.2) is 25.7 Å². The van der Waals surface area contributed by atoms with E-state index in [1.54, 1.807) is 6.92 Å². The van der Waals surface area contributed by atoms with E-state index in [0.717, 1.165) is 11.1 Å². The summed E-state index contributed by atoms with van der Waals surface area (Å²) in [7, 11) is -1.33. The van der Waals surface area contributed by atoms with Gasteiger partial charge in [-0.05, 0) is 17.7 Å². The van der Waals surface area contributed by atoms with E-state index in [9.17, 15) is 4.79 Å². The minimum Gasteiger partial charge on any atom is -0.481 e. The van der Waals surface area contributed by atoms with Crippen LogP contribution in [0.5, 0.6) is 0 Å². The molecule has 0 aliphatic heterocycles. The molecule has 0 heterocycles. The molecule has 1 aromatic carbocycles. The predicted molar refractivity (Wildman–Crippen MR) is 85.2 cm³/mol. The van der Waals surface area contributed by atoms with Gasteiger partial charge < -0.3 is 10.4 Å². The van der Waals surface area contributed by atoms with Crippen molar-refractivity contribution in [1.82, 2.24) is 5.32 Å². The van der Waals surface area contributed by atoms with Gasteiger partial charge in [0.2, 0.25) is 0 Å². The summed E-state index contributed by atoms with van der Waals surface area (Å²) < 4.78 is 0. The summed E-state index contributed by atoms with van der Waals surface area (Å²) in [5, 5.41) is 11.9. The lowest BCUT2D eigenvalue weighted by Crippen LogP contribution is -2.25. The molecule has 0 amide bonds. The Morgan fingerprint density at radius 2 is 1.90 bits per heavy atom. The summed E-state index contributed by atoms with van der Waals surface area (Å²) in [6, 6.07) is 8.11. The van der Waals surface area contributed by atoms with E-state index in [1.165, 1.54) is 0 Å². The summed E-state index contributed by atoms with van der Waals surface area (Å²) in [6.45, 7) is 9.53. The van der Waals surface area contributed by atoms with Gasteiger partial charge in [-0.25, -0.2) is 0 Å². The molecule has 0 saturated heterocycles. The molecule has 1 aromatic rings. The molecular weight excluding hydrogens is 266 g/mol. The number of benzene rings is 1. The van der Waals surface area contributed by atoms with E-state index in [1.807, 2.05) is 24.3 Å². The van der Waals surface area contributed by atoms with Crippen LogP contribution in [0.15, 0.2) is 24.3 Å². The van der Waals surface area contributed by atoms with Crippen LogP contribution in [0.3, 0.4) is 0 Å². The van der Waals surface area contributed by atoms with Crippen LogP contribution in [0.2, 0.25) is 19.6 Å². The predicted octanol–water partition coefficient (Wildman–Crippen LogP) is 2.73. The topological polar surface area (TPSA) is 49.3 Å². The number of carboxylic acids is 1. The van der Waals surface area contributed by atoms with Crippen LogP contribution in [0.25, 0.3) is 0 Å². The smallest absolute Gasteiger partial charge is 0.307 e. The van der Waals surface area contributed by atoms with Crippen molar-refractivity contribution in [1.29, 1.82) is 0 Å². The zero-order chi connectivity index (χ0) is 15.2. The Hall–Kier alpha value is -1.57. The Labute approximate surface area is 122 Å². The van der Waals surface area contributed by atoms with Crippen molar-refractivity contribution in [2.24, 2.45) is 5.92 Å². The number of nitrogens with one attached hydrogen (secondary N) is 1. The second-order valence-electron chi connectivity index (χ2n) is 6.07. The van der Waals surface area contributed by atoms with Crippen molar-refractivity contribution < 1.29 is 9.90 Å². The number of carboxylic acid groups (broad SMARTS) is 1. The molecule has 0 saturated carbocycles. The number of aliphatic carboxylic acids is 1. The second-order valence-corrected chi connectivity index (χ2v) is 10.8. The van der Waals surface area contributed by atoms with E-state index >= 15 is 0 Å². The van der Waals surface area contributed by atoms with Gasteiger partial charge >= 0.3 is 5.97 Å². The molecule has 20 heavy (non-hydrogen) atoms. The van der Waals surface area contributed by atoms with Crippen LogP contribution >= 0.6 is 0 Å². The van der Waals surface area contributed by atoms with Crippen molar-refractivity contribution in [2.75, 3.05) is 6.54 Å². The van der Waals surface area contributed by atoms with Gasteiger partial charge in [0.25, 0.3) is 0 Å². The summed E-state index contributed by atoms with van der Waals surface area (Å²) in [6.07, 6.45) is 0. The highest BCUT2D eigenvalue weighted by atomic mass is 28.3. The number of carbonyl (C=O) groups is 1. The quantitative estimate of drug-likeness (QED) is 0.647. The van der Waals surface area contributed by atoms with Gasteiger partial charge in [-0.1, -0.05) is 44.6 Å². The van der Waals surface area contributed by atoms with Crippen molar-refractivity contribution in [3.8, 4) is 11.5 Å². The van der Waals surface area contributed by atoms with Crippen molar-refractivity contribution in [3.05, 3.63) is 35.4 Å². The lowest BCUT2D eigenvalue weighted by Gasteiger charge is -2.08. The van der Waals surface area contributed by atoms with E-state index in [4.69, 9.17) is 5.11 Å². The first-order chi connectivity index (χ1) is 9.28. The monoisotopic (exact) mass is 289 g/mol. The molecule has 108 valence electrons.